The minimum absolute atomic E-state index is 0.164. The number of nitrogens with zero attached hydrogens (tertiary/aromatic N) is 1. The van der Waals surface area contributed by atoms with Crippen molar-refractivity contribution in [2.24, 2.45) is 0 Å². The van der Waals surface area contributed by atoms with Crippen LogP contribution in [-0.4, -0.2) is 22.3 Å². The van der Waals surface area contributed by atoms with Gasteiger partial charge in [-0.1, -0.05) is 18.7 Å². The summed E-state index contributed by atoms with van der Waals surface area (Å²) < 4.78 is 5.54. The summed E-state index contributed by atoms with van der Waals surface area (Å²) in [5, 5.41) is 4.70. The maximum Gasteiger partial charge on any atom is 0.256 e. The van der Waals surface area contributed by atoms with Crippen LogP contribution < -0.4 is 5.32 Å². The fraction of sp³-hybridized carbons (Fsp3) is 0.750. The first-order chi connectivity index (χ1) is 7.28. The zero-order valence-electron chi connectivity index (χ0n) is 11.0. The van der Waals surface area contributed by atoms with Gasteiger partial charge in [-0.3, -0.25) is 0 Å². The van der Waals surface area contributed by atoms with E-state index in [0.717, 1.165) is 23.2 Å². The summed E-state index contributed by atoms with van der Waals surface area (Å²) in [5.41, 5.74) is 1.15. The molecule has 1 N–H and O–H groups in total. The maximum absolute atomic E-state index is 5.54. The zero-order valence-corrected chi connectivity index (χ0v) is 11.9. The van der Waals surface area contributed by atoms with E-state index in [9.17, 15) is 0 Å². The van der Waals surface area contributed by atoms with Gasteiger partial charge in [-0.15, -0.1) is 0 Å². The molecule has 1 rings (SSSR count). The Bertz CT molecular complexity index is 322. The highest BCUT2D eigenvalue weighted by Gasteiger charge is 2.14. The van der Waals surface area contributed by atoms with E-state index in [1.807, 2.05) is 13.8 Å². The Kier molecular flexibility index (Phi) is 4.44. The molecule has 0 aliphatic rings. The number of oxazole rings is 1. The summed E-state index contributed by atoms with van der Waals surface area (Å²) in [6.07, 6.45) is 0. The van der Waals surface area contributed by atoms with Gasteiger partial charge in [0.15, 0.2) is 0 Å². The summed E-state index contributed by atoms with van der Waals surface area (Å²) in [4.78, 5) is 4.36. The molecular formula is C12H22N2OS. The molecule has 1 heterocycles. The SMILES string of the molecule is Cc1nc(SC(C)CNC(C)(C)C)oc1C. The van der Waals surface area contributed by atoms with E-state index in [-0.39, 0.29) is 5.54 Å². The molecule has 0 aromatic carbocycles. The van der Waals surface area contributed by atoms with Crippen LogP contribution in [-0.2, 0) is 0 Å². The van der Waals surface area contributed by atoms with E-state index in [2.05, 4.69) is 38.0 Å². The van der Waals surface area contributed by atoms with Crippen LogP contribution in [0.3, 0.4) is 0 Å². The molecule has 1 aromatic heterocycles. The topological polar surface area (TPSA) is 38.1 Å². The predicted molar refractivity (Wildman–Crippen MR) is 69.1 cm³/mol. The van der Waals surface area contributed by atoms with Crippen LogP contribution in [0.4, 0.5) is 0 Å². The highest BCUT2D eigenvalue weighted by molar-refractivity contribution is 7.99. The van der Waals surface area contributed by atoms with Gasteiger partial charge in [-0.05, 0) is 34.6 Å². The van der Waals surface area contributed by atoms with Crippen molar-refractivity contribution in [3.05, 3.63) is 11.5 Å². The second-order valence-corrected chi connectivity index (χ2v) is 6.57. The minimum atomic E-state index is 0.164. The second-order valence-electron chi connectivity index (χ2n) is 5.18. The summed E-state index contributed by atoms with van der Waals surface area (Å²) in [5.74, 6) is 0.915. The number of hydrogen-bond donors (Lipinski definition) is 1. The Morgan fingerprint density at radius 3 is 2.44 bits per heavy atom. The van der Waals surface area contributed by atoms with Gasteiger partial charge in [0.05, 0.1) is 5.69 Å². The highest BCUT2D eigenvalue weighted by Crippen LogP contribution is 2.24. The number of rotatable bonds is 4. The fourth-order valence-corrected chi connectivity index (χ4v) is 2.03. The quantitative estimate of drug-likeness (QED) is 0.823. The van der Waals surface area contributed by atoms with E-state index in [1.165, 1.54) is 0 Å². The van der Waals surface area contributed by atoms with Crippen molar-refractivity contribution in [1.82, 2.24) is 10.3 Å². The number of nitrogens with one attached hydrogen (secondary N) is 1. The van der Waals surface area contributed by atoms with Gasteiger partial charge >= 0.3 is 0 Å². The molecule has 0 radical (unpaired) electrons. The average molecular weight is 242 g/mol. The Morgan fingerprint density at radius 1 is 1.38 bits per heavy atom. The number of aromatic nitrogens is 1. The molecule has 0 aliphatic heterocycles. The van der Waals surface area contributed by atoms with Crippen molar-refractivity contribution in [1.29, 1.82) is 0 Å². The molecule has 0 bridgehead atoms. The van der Waals surface area contributed by atoms with Crippen molar-refractivity contribution in [2.75, 3.05) is 6.54 Å². The van der Waals surface area contributed by atoms with E-state index >= 15 is 0 Å². The first-order valence-electron chi connectivity index (χ1n) is 5.63. The summed E-state index contributed by atoms with van der Waals surface area (Å²) in [7, 11) is 0. The van der Waals surface area contributed by atoms with E-state index in [1.54, 1.807) is 11.8 Å². The number of aryl methyl sites for hydroxylation is 2. The molecule has 16 heavy (non-hydrogen) atoms. The summed E-state index contributed by atoms with van der Waals surface area (Å²) >= 11 is 1.68. The smallest absolute Gasteiger partial charge is 0.256 e. The monoisotopic (exact) mass is 242 g/mol. The van der Waals surface area contributed by atoms with Crippen LogP contribution in [0, 0.1) is 13.8 Å². The Balaban J connectivity index is 2.42. The van der Waals surface area contributed by atoms with E-state index in [4.69, 9.17) is 4.42 Å². The molecular weight excluding hydrogens is 220 g/mol. The Hall–Kier alpha value is -0.480. The van der Waals surface area contributed by atoms with Crippen molar-refractivity contribution >= 4 is 11.8 Å². The van der Waals surface area contributed by atoms with Gasteiger partial charge in [0, 0.05) is 17.3 Å². The first kappa shape index (κ1) is 13.6. The van der Waals surface area contributed by atoms with Crippen molar-refractivity contribution in [2.45, 2.75) is 57.6 Å². The van der Waals surface area contributed by atoms with Crippen molar-refractivity contribution in [3.8, 4) is 0 Å². The molecule has 0 aliphatic carbocycles. The van der Waals surface area contributed by atoms with Crippen LogP contribution >= 0.6 is 11.8 Å². The lowest BCUT2D eigenvalue weighted by Gasteiger charge is -2.22. The van der Waals surface area contributed by atoms with Gasteiger partial charge in [-0.2, -0.15) is 0 Å². The van der Waals surface area contributed by atoms with Gasteiger partial charge in [-0.25, -0.2) is 4.98 Å². The number of hydrogen-bond acceptors (Lipinski definition) is 4. The fourth-order valence-electron chi connectivity index (χ4n) is 1.16. The van der Waals surface area contributed by atoms with E-state index < -0.39 is 0 Å². The minimum Gasteiger partial charge on any atom is -0.437 e. The normalized spacial score (nSPS) is 14.1. The highest BCUT2D eigenvalue weighted by atomic mass is 32.2. The molecule has 92 valence electrons. The third-order valence-electron chi connectivity index (χ3n) is 2.23. The predicted octanol–water partition coefficient (Wildman–Crippen LogP) is 3.16. The van der Waals surface area contributed by atoms with E-state index in [0.29, 0.717) is 5.25 Å². The van der Waals surface area contributed by atoms with Gasteiger partial charge < -0.3 is 9.73 Å². The molecule has 4 heteroatoms. The maximum atomic E-state index is 5.54. The molecule has 0 saturated heterocycles. The standard InChI is InChI=1S/C12H22N2OS/c1-8(7-13-12(4,5)6)16-11-14-9(2)10(3)15-11/h8,13H,7H2,1-6H3. The molecule has 3 nitrogen and oxygen atoms in total. The third kappa shape index (κ3) is 4.58. The second kappa shape index (κ2) is 5.23. The summed E-state index contributed by atoms with van der Waals surface area (Å²) in [6.45, 7) is 13.6. The largest absolute Gasteiger partial charge is 0.437 e. The van der Waals surface area contributed by atoms with Crippen LogP contribution in [0.15, 0.2) is 9.64 Å². The lowest BCUT2D eigenvalue weighted by Crippen LogP contribution is -2.39. The molecule has 1 unspecified atom stereocenters. The van der Waals surface area contributed by atoms with Crippen LogP contribution in [0.5, 0.6) is 0 Å². The van der Waals surface area contributed by atoms with Gasteiger partial charge in [0.2, 0.25) is 0 Å². The van der Waals surface area contributed by atoms with Crippen LogP contribution in [0.25, 0.3) is 0 Å². The Morgan fingerprint density at radius 2 is 2.00 bits per heavy atom. The van der Waals surface area contributed by atoms with Crippen LogP contribution in [0.2, 0.25) is 0 Å². The zero-order chi connectivity index (χ0) is 12.3. The molecule has 1 atom stereocenters. The molecule has 0 amide bonds. The van der Waals surface area contributed by atoms with Crippen molar-refractivity contribution in [3.63, 3.8) is 0 Å². The first-order valence-corrected chi connectivity index (χ1v) is 6.51. The van der Waals surface area contributed by atoms with Crippen molar-refractivity contribution < 1.29 is 4.42 Å². The Labute approximate surface area is 102 Å². The van der Waals surface area contributed by atoms with Gasteiger partial charge in [0.25, 0.3) is 5.22 Å². The molecule has 0 fully saturated rings. The molecule has 0 saturated carbocycles. The molecule has 1 aromatic rings. The number of thioether (sulfide) groups is 1. The van der Waals surface area contributed by atoms with Crippen LogP contribution in [0.1, 0.15) is 39.1 Å². The van der Waals surface area contributed by atoms with Gasteiger partial charge in [0.1, 0.15) is 5.76 Å². The lowest BCUT2D eigenvalue weighted by molar-refractivity contribution is 0.420. The average Bonchev–Trinajstić information content (AvgIpc) is 2.41. The summed E-state index contributed by atoms with van der Waals surface area (Å²) in [6, 6.07) is 0. The molecule has 0 spiro atoms. The lowest BCUT2D eigenvalue weighted by atomic mass is 10.1. The third-order valence-corrected chi connectivity index (χ3v) is 3.18.